The van der Waals surface area contributed by atoms with E-state index in [0.717, 1.165) is 29.8 Å². The molecule has 1 N–H and O–H groups in total. The standard InChI is InChI=1S/C17H32N2/c1-13-8-14(2)10-17(9-13)19-7-3-4-15(12-19)11-18-16-5-6-16/h13-18H,3-12H2,1-2H3. The minimum Gasteiger partial charge on any atom is -0.314 e. The van der Waals surface area contributed by atoms with Gasteiger partial charge in [-0.15, -0.1) is 0 Å². The van der Waals surface area contributed by atoms with Gasteiger partial charge < -0.3 is 10.2 Å². The smallest absolute Gasteiger partial charge is 0.0100 e. The summed E-state index contributed by atoms with van der Waals surface area (Å²) in [5.74, 6) is 2.80. The molecule has 3 aliphatic rings. The number of hydrogen-bond acceptors (Lipinski definition) is 2. The number of likely N-dealkylation sites (tertiary alicyclic amines) is 1. The average Bonchev–Trinajstić information content (AvgIpc) is 3.20. The zero-order valence-corrected chi connectivity index (χ0v) is 12.9. The topological polar surface area (TPSA) is 15.3 Å². The first-order chi connectivity index (χ1) is 9.20. The molecule has 1 aliphatic heterocycles. The molecule has 0 radical (unpaired) electrons. The quantitative estimate of drug-likeness (QED) is 0.838. The monoisotopic (exact) mass is 264 g/mol. The number of hydrogen-bond donors (Lipinski definition) is 1. The summed E-state index contributed by atoms with van der Waals surface area (Å²) in [5, 5.41) is 3.74. The third-order valence-electron chi connectivity index (χ3n) is 5.49. The molecular weight excluding hydrogens is 232 g/mol. The van der Waals surface area contributed by atoms with Gasteiger partial charge in [-0.3, -0.25) is 0 Å². The maximum Gasteiger partial charge on any atom is 0.0100 e. The van der Waals surface area contributed by atoms with Crippen LogP contribution in [-0.2, 0) is 0 Å². The summed E-state index contributed by atoms with van der Waals surface area (Å²) in [7, 11) is 0. The molecule has 19 heavy (non-hydrogen) atoms. The van der Waals surface area contributed by atoms with Gasteiger partial charge in [-0.2, -0.15) is 0 Å². The maximum atomic E-state index is 3.74. The van der Waals surface area contributed by atoms with Gasteiger partial charge in [-0.25, -0.2) is 0 Å². The van der Waals surface area contributed by atoms with Crippen molar-refractivity contribution in [3.05, 3.63) is 0 Å². The van der Waals surface area contributed by atoms with Crippen molar-refractivity contribution in [3.8, 4) is 0 Å². The molecule has 2 heteroatoms. The lowest BCUT2D eigenvalue weighted by atomic mass is 9.79. The van der Waals surface area contributed by atoms with Crippen LogP contribution in [0, 0.1) is 17.8 Å². The van der Waals surface area contributed by atoms with E-state index in [1.165, 1.54) is 64.6 Å². The first-order valence-electron chi connectivity index (χ1n) is 8.68. The van der Waals surface area contributed by atoms with Crippen LogP contribution in [0.25, 0.3) is 0 Å². The van der Waals surface area contributed by atoms with E-state index in [1.807, 2.05) is 0 Å². The molecule has 0 bridgehead atoms. The van der Waals surface area contributed by atoms with Gasteiger partial charge in [-0.05, 0) is 75.8 Å². The fourth-order valence-electron chi connectivity index (χ4n) is 4.42. The highest BCUT2D eigenvalue weighted by Crippen LogP contribution is 2.33. The summed E-state index contributed by atoms with van der Waals surface area (Å²) in [6, 6.07) is 1.77. The molecule has 3 unspecified atom stereocenters. The average molecular weight is 264 g/mol. The molecule has 0 spiro atoms. The molecule has 3 fully saturated rings. The minimum atomic E-state index is 0.880. The highest BCUT2D eigenvalue weighted by atomic mass is 15.2. The summed E-state index contributed by atoms with van der Waals surface area (Å²) < 4.78 is 0. The summed E-state index contributed by atoms with van der Waals surface area (Å²) in [6.45, 7) is 8.92. The first-order valence-corrected chi connectivity index (χ1v) is 8.68. The van der Waals surface area contributed by atoms with Crippen LogP contribution in [0.3, 0.4) is 0 Å². The lowest BCUT2D eigenvalue weighted by Gasteiger charge is -2.43. The van der Waals surface area contributed by atoms with E-state index in [4.69, 9.17) is 0 Å². The van der Waals surface area contributed by atoms with Crippen LogP contribution >= 0.6 is 0 Å². The molecule has 0 amide bonds. The Bertz CT molecular complexity index is 277. The van der Waals surface area contributed by atoms with Crippen molar-refractivity contribution in [2.75, 3.05) is 19.6 Å². The van der Waals surface area contributed by atoms with Gasteiger partial charge in [0.15, 0.2) is 0 Å². The number of nitrogens with one attached hydrogen (secondary N) is 1. The van der Waals surface area contributed by atoms with Gasteiger partial charge in [-0.1, -0.05) is 13.8 Å². The van der Waals surface area contributed by atoms with Gasteiger partial charge in [0.25, 0.3) is 0 Å². The van der Waals surface area contributed by atoms with Crippen molar-refractivity contribution in [2.24, 2.45) is 17.8 Å². The summed E-state index contributed by atoms with van der Waals surface area (Å²) in [5.41, 5.74) is 0. The van der Waals surface area contributed by atoms with Gasteiger partial charge in [0.1, 0.15) is 0 Å². The van der Waals surface area contributed by atoms with Crippen LogP contribution in [0.4, 0.5) is 0 Å². The Kier molecular flexibility index (Phi) is 4.48. The van der Waals surface area contributed by atoms with Crippen LogP contribution < -0.4 is 5.32 Å². The fourth-order valence-corrected chi connectivity index (χ4v) is 4.42. The zero-order chi connectivity index (χ0) is 13.2. The lowest BCUT2D eigenvalue weighted by molar-refractivity contribution is 0.0687. The van der Waals surface area contributed by atoms with E-state index in [9.17, 15) is 0 Å². The molecule has 3 atom stereocenters. The fraction of sp³-hybridized carbons (Fsp3) is 1.00. The predicted octanol–water partition coefficient (Wildman–Crippen LogP) is 3.28. The van der Waals surface area contributed by atoms with E-state index in [-0.39, 0.29) is 0 Å². The summed E-state index contributed by atoms with van der Waals surface area (Å²) in [4.78, 5) is 2.84. The maximum absolute atomic E-state index is 3.74. The second kappa shape index (κ2) is 6.13. The third kappa shape index (κ3) is 3.95. The molecule has 0 aromatic heterocycles. The van der Waals surface area contributed by atoms with Crippen molar-refractivity contribution in [1.29, 1.82) is 0 Å². The van der Waals surface area contributed by atoms with Gasteiger partial charge >= 0.3 is 0 Å². The summed E-state index contributed by atoms with van der Waals surface area (Å²) >= 11 is 0. The van der Waals surface area contributed by atoms with Crippen molar-refractivity contribution in [1.82, 2.24) is 10.2 Å². The molecule has 110 valence electrons. The molecule has 2 aliphatic carbocycles. The highest BCUT2D eigenvalue weighted by molar-refractivity contribution is 4.87. The van der Waals surface area contributed by atoms with E-state index in [2.05, 4.69) is 24.1 Å². The van der Waals surface area contributed by atoms with E-state index < -0.39 is 0 Å². The molecule has 1 heterocycles. The Labute approximate surface area is 119 Å². The number of piperidine rings is 1. The molecule has 1 saturated heterocycles. The SMILES string of the molecule is CC1CC(C)CC(N2CCCC(CNC3CC3)C2)C1. The van der Waals surface area contributed by atoms with Crippen LogP contribution in [0.2, 0.25) is 0 Å². The minimum absolute atomic E-state index is 0.880. The van der Waals surface area contributed by atoms with E-state index >= 15 is 0 Å². The predicted molar refractivity (Wildman–Crippen MR) is 81.3 cm³/mol. The normalized spacial score (nSPS) is 41.4. The van der Waals surface area contributed by atoms with Crippen molar-refractivity contribution in [3.63, 3.8) is 0 Å². The van der Waals surface area contributed by atoms with E-state index in [0.29, 0.717) is 0 Å². The lowest BCUT2D eigenvalue weighted by Crippen LogP contribution is -2.47. The van der Waals surface area contributed by atoms with Crippen LogP contribution in [0.15, 0.2) is 0 Å². The van der Waals surface area contributed by atoms with Crippen LogP contribution in [0.5, 0.6) is 0 Å². The van der Waals surface area contributed by atoms with Gasteiger partial charge in [0.2, 0.25) is 0 Å². The number of rotatable bonds is 4. The molecule has 2 saturated carbocycles. The number of nitrogens with zero attached hydrogens (tertiary/aromatic N) is 1. The molecule has 0 aromatic carbocycles. The van der Waals surface area contributed by atoms with Crippen LogP contribution in [0.1, 0.15) is 58.8 Å². The van der Waals surface area contributed by atoms with Crippen LogP contribution in [-0.4, -0.2) is 36.6 Å². The molecule has 3 rings (SSSR count). The van der Waals surface area contributed by atoms with Gasteiger partial charge in [0, 0.05) is 18.6 Å². The third-order valence-corrected chi connectivity index (χ3v) is 5.49. The summed E-state index contributed by atoms with van der Waals surface area (Å²) in [6.07, 6.45) is 10.1. The Morgan fingerprint density at radius 2 is 1.74 bits per heavy atom. The van der Waals surface area contributed by atoms with Crippen molar-refractivity contribution < 1.29 is 0 Å². The van der Waals surface area contributed by atoms with Gasteiger partial charge in [0.05, 0.1) is 0 Å². The Morgan fingerprint density at radius 1 is 1.00 bits per heavy atom. The Morgan fingerprint density at radius 3 is 2.42 bits per heavy atom. The van der Waals surface area contributed by atoms with E-state index in [1.54, 1.807) is 0 Å². The largest absolute Gasteiger partial charge is 0.314 e. The first kappa shape index (κ1) is 13.9. The molecule has 2 nitrogen and oxygen atoms in total. The Hall–Kier alpha value is -0.0800. The second-order valence-corrected chi connectivity index (χ2v) is 7.76. The highest BCUT2D eigenvalue weighted by Gasteiger charge is 2.32. The molecular formula is C17H32N2. The second-order valence-electron chi connectivity index (χ2n) is 7.76. The zero-order valence-electron chi connectivity index (χ0n) is 12.9. The molecule has 0 aromatic rings. The van der Waals surface area contributed by atoms with Crippen molar-refractivity contribution >= 4 is 0 Å². The Balaban J connectivity index is 1.48. The van der Waals surface area contributed by atoms with Crippen molar-refractivity contribution in [2.45, 2.75) is 70.9 Å².